The van der Waals surface area contributed by atoms with E-state index < -0.39 is 30.2 Å². The molecular formula is C21H25N3O4. The Morgan fingerprint density at radius 2 is 1.68 bits per heavy atom. The molecule has 0 unspecified atom stereocenters. The van der Waals surface area contributed by atoms with Crippen molar-refractivity contribution in [3.63, 3.8) is 0 Å². The first-order valence-corrected chi connectivity index (χ1v) is 9.31. The Kier molecular flexibility index (Phi) is 4.87. The highest BCUT2D eigenvalue weighted by Gasteiger charge is 2.45. The molecule has 2 heterocycles. The Labute approximate surface area is 164 Å². The van der Waals surface area contributed by atoms with E-state index in [1.54, 1.807) is 0 Å². The molecule has 2 aliphatic rings. The van der Waals surface area contributed by atoms with Crippen molar-refractivity contribution in [2.24, 2.45) is 5.92 Å². The van der Waals surface area contributed by atoms with Crippen molar-refractivity contribution in [3.05, 3.63) is 41.6 Å². The fraction of sp³-hybridized carbons (Fsp3) is 0.429. The molecule has 0 N–H and O–H groups in total. The molecule has 0 aliphatic carbocycles. The molecule has 7 heteroatoms. The molecule has 0 spiro atoms. The largest absolute Gasteiger partial charge is 0.347 e. The minimum Gasteiger partial charge on any atom is -0.347 e. The second-order valence-electron chi connectivity index (χ2n) is 8.18. The molecular weight excluding hydrogens is 358 g/mol. The summed E-state index contributed by atoms with van der Waals surface area (Å²) in [6.45, 7) is 7.45. The molecule has 1 aromatic carbocycles. The predicted molar refractivity (Wildman–Crippen MR) is 105 cm³/mol. The highest BCUT2D eigenvalue weighted by molar-refractivity contribution is 6.45. The number of para-hydroxylation sites is 1. The molecule has 0 bridgehead atoms. The second-order valence-corrected chi connectivity index (χ2v) is 8.18. The fourth-order valence-electron chi connectivity index (χ4n) is 3.83. The van der Waals surface area contributed by atoms with Crippen molar-refractivity contribution < 1.29 is 19.2 Å². The predicted octanol–water partition coefficient (Wildman–Crippen LogP) is 2.31. The molecule has 28 heavy (non-hydrogen) atoms. The summed E-state index contributed by atoms with van der Waals surface area (Å²) in [6, 6.07) is 7.17. The van der Waals surface area contributed by atoms with Crippen LogP contribution in [0.25, 0.3) is 0 Å². The molecule has 0 atom stereocenters. The normalized spacial score (nSPS) is 20.0. The average Bonchev–Trinajstić information content (AvgIpc) is 2.94. The van der Waals surface area contributed by atoms with Gasteiger partial charge in [-0.15, -0.1) is 0 Å². The summed E-state index contributed by atoms with van der Waals surface area (Å²) in [4.78, 5) is 53.0. The summed E-state index contributed by atoms with van der Waals surface area (Å²) in [7, 11) is 1.88. The Hall–Kier alpha value is -2.96. The van der Waals surface area contributed by atoms with Gasteiger partial charge in [-0.1, -0.05) is 45.9 Å². The lowest BCUT2D eigenvalue weighted by atomic mass is 9.83. The van der Waals surface area contributed by atoms with Crippen LogP contribution >= 0.6 is 0 Å². The molecule has 1 fully saturated rings. The van der Waals surface area contributed by atoms with E-state index in [1.165, 1.54) is 6.08 Å². The number of allylic oxidation sites excluding steroid dienone is 1. The number of fused-ring (bicyclic) bond motifs is 1. The third-order valence-corrected chi connectivity index (χ3v) is 5.23. The number of nitrogens with zero attached hydrogens (tertiary/aromatic N) is 3. The molecule has 1 aromatic rings. The molecule has 1 saturated heterocycles. The van der Waals surface area contributed by atoms with Crippen LogP contribution in [0.15, 0.2) is 36.0 Å². The van der Waals surface area contributed by atoms with E-state index >= 15 is 0 Å². The third kappa shape index (κ3) is 3.10. The van der Waals surface area contributed by atoms with E-state index in [0.29, 0.717) is 0 Å². The van der Waals surface area contributed by atoms with Crippen LogP contribution in [-0.4, -0.2) is 53.6 Å². The van der Waals surface area contributed by atoms with Crippen molar-refractivity contribution in [3.8, 4) is 0 Å². The van der Waals surface area contributed by atoms with Crippen LogP contribution in [0, 0.1) is 5.92 Å². The molecule has 3 rings (SSSR count). The Bertz CT molecular complexity index is 901. The molecule has 7 nitrogen and oxygen atoms in total. The van der Waals surface area contributed by atoms with E-state index in [0.717, 1.165) is 26.7 Å². The van der Waals surface area contributed by atoms with Gasteiger partial charge in [0.15, 0.2) is 5.78 Å². The minimum atomic E-state index is -0.945. The highest BCUT2D eigenvalue weighted by Crippen LogP contribution is 2.46. The van der Waals surface area contributed by atoms with Crippen LogP contribution in [0.5, 0.6) is 0 Å². The number of imide groups is 2. The summed E-state index contributed by atoms with van der Waals surface area (Å²) in [5.41, 5.74) is 2.50. The third-order valence-electron chi connectivity index (χ3n) is 5.23. The quantitative estimate of drug-likeness (QED) is 0.443. The number of hydrogen-bond acceptors (Lipinski definition) is 5. The van der Waals surface area contributed by atoms with Crippen LogP contribution < -0.4 is 4.90 Å². The molecule has 4 amide bonds. The summed E-state index contributed by atoms with van der Waals surface area (Å²) >= 11 is 0. The first kappa shape index (κ1) is 19.8. The van der Waals surface area contributed by atoms with Crippen LogP contribution in [-0.2, 0) is 19.8 Å². The van der Waals surface area contributed by atoms with Crippen molar-refractivity contribution in [1.82, 2.24) is 9.80 Å². The minimum absolute atomic E-state index is 0.0323. The van der Waals surface area contributed by atoms with Gasteiger partial charge in [0.25, 0.3) is 0 Å². The maximum atomic E-state index is 12.7. The van der Waals surface area contributed by atoms with E-state index in [4.69, 9.17) is 0 Å². The van der Waals surface area contributed by atoms with Gasteiger partial charge in [0, 0.05) is 36.5 Å². The van der Waals surface area contributed by atoms with Crippen molar-refractivity contribution in [2.75, 3.05) is 25.0 Å². The van der Waals surface area contributed by atoms with E-state index in [-0.39, 0.29) is 17.9 Å². The number of rotatable bonds is 5. The SMILES string of the molecule is CC(C)CN1C(=O)C(=O)N(CC(=O)/C=C2\N(C)c3ccccc3C2(C)C)C1=O. The van der Waals surface area contributed by atoms with Gasteiger partial charge >= 0.3 is 17.8 Å². The number of likely N-dealkylation sites (N-methyl/N-ethyl adjacent to an activating group) is 1. The summed E-state index contributed by atoms with van der Waals surface area (Å²) in [5.74, 6) is -2.18. The molecule has 2 aliphatic heterocycles. The smallest absolute Gasteiger partial charge is 0.334 e. The Balaban J connectivity index is 1.82. The monoisotopic (exact) mass is 383 g/mol. The number of anilines is 1. The van der Waals surface area contributed by atoms with Crippen LogP contribution in [0.3, 0.4) is 0 Å². The zero-order valence-electron chi connectivity index (χ0n) is 16.9. The first-order chi connectivity index (χ1) is 13.1. The van der Waals surface area contributed by atoms with Gasteiger partial charge in [-0.3, -0.25) is 19.3 Å². The average molecular weight is 383 g/mol. The van der Waals surface area contributed by atoms with E-state index in [2.05, 4.69) is 0 Å². The summed E-state index contributed by atoms with van der Waals surface area (Å²) < 4.78 is 0. The van der Waals surface area contributed by atoms with Crippen molar-refractivity contribution >= 4 is 29.3 Å². The number of carbonyl (C=O) groups excluding carboxylic acids is 4. The van der Waals surface area contributed by atoms with Crippen molar-refractivity contribution in [2.45, 2.75) is 33.1 Å². The van der Waals surface area contributed by atoms with Gasteiger partial charge in [0.05, 0.1) is 6.54 Å². The summed E-state index contributed by atoms with van der Waals surface area (Å²) in [6.07, 6.45) is 1.47. The number of amides is 4. The van der Waals surface area contributed by atoms with Crippen LogP contribution in [0.4, 0.5) is 10.5 Å². The standard InChI is InChI=1S/C21H25N3O4/c1-13(2)11-23-18(26)19(27)24(20(23)28)12-14(25)10-17-21(3,4)15-8-6-7-9-16(15)22(17)5/h6-10,13H,11-12H2,1-5H3/b17-10-. The lowest BCUT2D eigenvalue weighted by Gasteiger charge is -2.24. The number of benzene rings is 1. The van der Waals surface area contributed by atoms with E-state index in [1.807, 2.05) is 63.9 Å². The maximum Gasteiger partial charge on any atom is 0.334 e. The zero-order chi connectivity index (χ0) is 20.8. The number of urea groups is 1. The number of hydrogen-bond donors (Lipinski definition) is 0. The van der Waals surface area contributed by atoms with Gasteiger partial charge < -0.3 is 4.90 Å². The first-order valence-electron chi connectivity index (χ1n) is 9.31. The molecule has 0 radical (unpaired) electrons. The maximum absolute atomic E-state index is 12.7. The highest BCUT2D eigenvalue weighted by atomic mass is 16.2. The number of carbonyl (C=O) groups is 4. The van der Waals surface area contributed by atoms with E-state index in [9.17, 15) is 19.2 Å². The lowest BCUT2D eigenvalue weighted by molar-refractivity contribution is -0.143. The van der Waals surface area contributed by atoms with Gasteiger partial charge in [-0.2, -0.15) is 0 Å². The fourth-order valence-corrected chi connectivity index (χ4v) is 3.83. The molecule has 0 aromatic heterocycles. The van der Waals surface area contributed by atoms with Gasteiger partial charge in [0.1, 0.15) is 0 Å². The van der Waals surface area contributed by atoms with Gasteiger partial charge in [-0.05, 0) is 17.5 Å². The second kappa shape index (κ2) is 6.89. The summed E-state index contributed by atoms with van der Waals surface area (Å²) in [5, 5.41) is 0. The van der Waals surface area contributed by atoms with Crippen LogP contribution in [0.2, 0.25) is 0 Å². The Morgan fingerprint density at radius 3 is 2.29 bits per heavy atom. The Morgan fingerprint density at radius 1 is 1.07 bits per heavy atom. The molecule has 0 saturated carbocycles. The van der Waals surface area contributed by atoms with Gasteiger partial charge in [-0.25, -0.2) is 9.69 Å². The van der Waals surface area contributed by atoms with Crippen molar-refractivity contribution in [1.29, 1.82) is 0 Å². The topological polar surface area (TPSA) is 78.0 Å². The zero-order valence-corrected chi connectivity index (χ0v) is 16.9. The lowest BCUT2D eigenvalue weighted by Crippen LogP contribution is -2.38. The van der Waals surface area contributed by atoms with Gasteiger partial charge in [0.2, 0.25) is 0 Å². The molecule has 148 valence electrons. The number of ketones is 1. The van der Waals surface area contributed by atoms with Crippen LogP contribution in [0.1, 0.15) is 33.3 Å².